The molecular weight excluding hydrogens is 258 g/mol. The minimum absolute atomic E-state index is 0.215. The van der Waals surface area contributed by atoms with E-state index in [1.54, 1.807) is 0 Å². The fourth-order valence-electron chi connectivity index (χ4n) is 3.02. The first-order chi connectivity index (χ1) is 10.2. The van der Waals surface area contributed by atoms with Gasteiger partial charge >= 0.3 is 0 Å². The zero-order chi connectivity index (χ0) is 15.2. The van der Waals surface area contributed by atoms with Gasteiger partial charge in [0, 0.05) is 17.1 Å². The summed E-state index contributed by atoms with van der Waals surface area (Å²) >= 11 is 0. The molecule has 1 aromatic carbocycles. The van der Waals surface area contributed by atoms with Gasteiger partial charge in [-0.05, 0) is 43.0 Å². The summed E-state index contributed by atoms with van der Waals surface area (Å²) in [5.41, 5.74) is 6.40. The van der Waals surface area contributed by atoms with Crippen LogP contribution in [-0.4, -0.2) is 4.98 Å². The lowest BCUT2D eigenvalue weighted by Gasteiger charge is -2.26. The Morgan fingerprint density at radius 1 is 1.19 bits per heavy atom. The van der Waals surface area contributed by atoms with Crippen LogP contribution in [0, 0.1) is 12.8 Å². The predicted molar refractivity (Wildman–Crippen MR) is 89.9 cm³/mol. The van der Waals surface area contributed by atoms with Gasteiger partial charge in [-0.3, -0.25) is 16.3 Å². The van der Waals surface area contributed by atoms with Crippen molar-refractivity contribution >= 4 is 10.9 Å². The Hall–Kier alpha value is -1.45. The summed E-state index contributed by atoms with van der Waals surface area (Å²) < 4.78 is 0. The summed E-state index contributed by atoms with van der Waals surface area (Å²) in [6, 6.07) is 10.9. The molecule has 2 rings (SSSR count). The average Bonchev–Trinajstić information content (AvgIpc) is 2.51. The normalized spacial score (nSPS) is 14.3. The van der Waals surface area contributed by atoms with Crippen LogP contribution in [0.1, 0.15) is 56.8 Å². The maximum atomic E-state index is 5.86. The number of hydrazine groups is 1. The minimum Gasteiger partial charge on any atom is -0.271 e. The number of unbranched alkanes of at least 4 members (excludes halogenated alkanes) is 1. The highest BCUT2D eigenvalue weighted by Gasteiger charge is 2.20. The molecule has 0 radical (unpaired) electrons. The van der Waals surface area contributed by atoms with Crippen molar-refractivity contribution in [2.75, 3.05) is 0 Å². The third kappa shape index (κ3) is 3.80. The molecular formula is C18H27N3. The van der Waals surface area contributed by atoms with Gasteiger partial charge in [-0.25, -0.2) is 0 Å². The van der Waals surface area contributed by atoms with Crippen LogP contribution in [0.2, 0.25) is 0 Å². The van der Waals surface area contributed by atoms with Gasteiger partial charge in [-0.1, -0.05) is 45.2 Å². The number of aromatic nitrogens is 1. The van der Waals surface area contributed by atoms with Crippen molar-refractivity contribution < 1.29 is 0 Å². The fourth-order valence-corrected chi connectivity index (χ4v) is 3.02. The number of nitrogens with two attached hydrogens (primary N) is 1. The van der Waals surface area contributed by atoms with E-state index < -0.39 is 0 Å². The molecule has 0 bridgehead atoms. The van der Waals surface area contributed by atoms with E-state index in [9.17, 15) is 0 Å². The van der Waals surface area contributed by atoms with E-state index in [4.69, 9.17) is 5.84 Å². The van der Waals surface area contributed by atoms with Crippen LogP contribution in [0.25, 0.3) is 10.9 Å². The Kier molecular flexibility index (Phi) is 5.71. The first-order valence-electron chi connectivity index (χ1n) is 8.03. The molecule has 1 heterocycles. The first kappa shape index (κ1) is 15.9. The zero-order valence-corrected chi connectivity index (χ0v) is 13.4. The standard InChI is InChI=1S/C18H27N3/c1-4-6-7-14(5-2)18(21-19)16-10-11-17-15(12-16)9-8-13(3)20-17/h8-12,14,18,21H,4-7,19H2,1-3H3. The van der Waals surface area contributed by atoms with Crippen molar-refractivity contribution in [3.63, 3.8) is 0 Å². The van der Waals surface area contributed by atoms with Crippen molar-refractivity contribution in [2.24, 2.45) is 11.8 Å². The predicted octanol–water partition coefficient (Wildman–Crippen LogP) is 4.26. The molecule has 0 aliphatic heterocycles. The molecule has 3 nitrogen and oxygen atoms in total. The number of pyridine rings is 1. The Morgan fingerprint density at radius 3 is 2.67 bits per heavy atom. The quantitative estimate of drug-likeness (QED) is 0.590. The van der Waals surface area contributed by atoms with Crippen LogP contribution in [0.3, 0.4) is 0 Å². The van der Waals surface area contributed by atoms with E-state index in [1.165, 1.54) is 30.2 Å². The summed E-state index contributed by atoms with van der Waals surface area (Å²) in [6.07, 6.45) is 4.84. The number of nitrogens with zero attached hydrogens (tertiary/aromatic N) is 1. The molecule has 0 spiro atoms. The van der Waals surface area contributed by atoms with Gasteiger partial charge in [-0.15, -0.1) is 0 Å². The highest BCUT2D eigenvalue weighted by Crippen LogP contribution is 2.30. The van der Waals surface area contributed by atoms with Gasteiger partial charge in [0.2, 0.25) is 0 Å². The molecule has 3 N–H and O–H groups in total. The molecule has 3 heteroatoms. The third-order valence-corrected chi connectivity index (χ3v) is 4.32. The monoisotopic (exact) mass is 285 g/mol. The maximum Gasteiger partial charge on any atom is 0.0705 e. The molecule has 0 amide bonds. The summed E-state index contributed by atoms with van der Waals surface area (Å²) in [5, 5.41) is 1.18. The van der Waals surface area contributed by atoms with Crippen molar-refractivity contribution in [1.29, 1.82) is 0 Å². The number of hydrogen-bond acceptors (Lipinski definition) is 3. The van der Waals surface area contributed by atoms with E-state index in [2.05, 4.69) is 54.6 Å². The Labute approximate surface area is 127 Å². The van der Waals surface area contributed by atoms with Crippen LogP contribution in [0.4, 0.5) is 0 Å². The highest BCUT2D eigenvalue weighted by molar-refractivity contribution is 5.79. The van der Waals surface area contributed by atoms with Crippen molar-refractivity contribution in [2.45, 2.75) is 52.5 Å². The minimum atomic E-state index is 0.215. The van der Waals surface area contributed by atoms with Gasteiger partial charge in [0.1, 0.15) is 0 Å². The van der Waals surface area contributed by atoms with E-state index in [-0.39, 0.29) is 6.04 Å². The number of rotatable bonds is 7. The van der Waals surface area contributed by atoms with Crippen molar-refractivity contribution in [3.8, 4) is 0 Å². The summed E-state index contributed by atoms with van der Waals surface area (Å²) in [6.45, 7) is 6.51. The molecule has 0 saturated heterocycles. The van der Waals surface area contributed by atoms with Gasteiger partial charge in [0.25, 0.3) is 0 Å². The molecule has 0 aliphatic carbocycles. The fraction of sp³-hybridized carbons (Fsp3) is 0.500. The first-order valence-corrected chi connectivity index (χ1v) is 8.03. The van der Waals surface area contributed by atoms with E-state index >= 15 is 0 Å². The Morgan fingerprint density at radius 2 is 2.00 bits per heavy atom. The molecule has 2 aromatic rings. The molecule has 114 valence electrons. The summed E-state index contributed by atoms with van der Waals surface area (Å²) in [5.74, 6) is 6.43. The highest BCUT2D eigenvalue weighted by atomic mass is 15.2. The van der Waals surface area contributed by atoms with Gasteiger partial charge in [0.05, 0.1) is 5.52 Å². The van der Waals surface area contributed by atoms with Crippen molar-refractivity contribution in [3.05, 3.63) is 41.6 Å². The Bertz CT molecular complexity index is 580. The van der Waals surface area contributed by atoms with E-state index in [0.29, 0.717) is 5.92 Å². The number of hydrogen-bond donors (Lipinski definition) is 2. The van der Waals surface area contributed by atoms with Crippen LogP contribution in [-0.2, 0) is 0 Å². The third-order valence-electron chi connectivity index (χ3n) is 4.32. The van der Waals surface area contributed by atoms with Crippen LogP contribution >= 0.6 is 0 Å². The van der Waals surface area contributed by atoms with E-state index in [1.807, 2.05) is 6.92 Å². The van der Waals surface area contributed by atoms with Crippen LogP contribution < -0.4 is 11.3 Å². The lowest BCUT2D eigenvalue weighted by atomic mass is 9.87. The van der Waals surface area contributed by atoms with Gasteiger partial charge in [0.15, 0.2) is 0 Å². The largest absolute Gasteiger partial charge is 0.271 e. The van der Waals surface area contributed by atoms with E-state index in [0.717, 1.165) is 17.6 Å². The second-order valence-corrected chi connectivity index (χ2v) is 5.86. The molecule has 0 aliphatic rings. The second kappa shape index (κ2) is 7.53. The number of aryl methyl sites for hydroxylation is 1. The average molecular weight is 285 g/mol. The van der Waals surface area contributed by atoms with Crippen molar-refractivity contribution in [1.82, 2.24) is 10.4 Å². The number of benzene rings is 1. The number of fused-ring (bicyclic) bond motifs is 1. The SMILES string of the molecule is CCCCC(CC)C(NN)c1ccc2nc(C)ccc2c1. The zero-order valence-electron chi connectivity index (χ0n) is 13.4. The molecule has 0 saturated carbocycles. The number of nitrogens with one attached hydrogen (secondary N) is 1. The summed E-state index contributed by atoms with van der Waals surface area (Å²) in [7, 11) is 0. The molecule has 1 aromatic heterocycles. The molecule has 2 atom stereocenters. The maximum absolute atomic E-state index is 5.86. The smallest absolute Gasteiger partial charge is 0.0705 e. The topological polar surface area (TPSA) is 50.9 Å². The molecule has 2 unspecified atom stereocenters. The van der Waals surface area contributed by atoms with Crippen LogP contribution in [0.5, 0.6) is 0 Å². The molecule has 21 heavy (non-hydrogen) atoms. The Balaban J connectivity index is 2.30. The second-order valence-electron chi connectivity index (χ2n) is 5.86. The van der Waals surface area contributed by atoms with Crippen LogP contribution in [0.15, 0.2) is 30.3 Å². The summed E-state index contributed by atoms with van der Waals surface area (Å²) in [4.78, 5) is 4.56. The van der Waals surface area contributed by atoms with Gasteiger partial charge in [-0.2, -0.15) is 0 Å². The lowest BCUT2D eigenvalue weighted by Crippen LogP contribution is -2.33. The van der Waals surface area contributed by atoms with Gasteiger partial charge < -0.3 is 0 Å². The lowest BCUT2D eigenvalue weighted by molar-refractivity contribution is 0.327. The molecule has 0 fully saturated rings.